The van der Waals surface area contributed by atoms with E-state index in [1.54, 1.807) is 12.1 Å². The lowest BCUT2D eigenvalue weighted by molar-refractivity contribution is -0.138. The third kappa shape index (κ3) is 3.22. The third-order valence-corrected chi connectivity index (χ3v) is 3.12. The topological polar surface area (TPSA) is 89.3 Å². The molecule has 0 heterocycles. The Kier molecular flexibility index (Phi) is 4.18. The molecule has 0 bridgehead atoms. The van der Waals surface area contributed by atoms with Crippen LogP contribution in [-0.4, -0.2) is 17.1 Å². The lowest BCUT2D eigenvalue weighted by atomic mass is 10.1. The fourth-order valence-electron chi connectivity index (χ4n) is 1.10. The fraction of sp³-hybridized carbons (Fsp3) is 0.222. The van der Waals surface area contributed by atoms with Crippen molar-refractivity contribution in [2.75, 3.05) is 5.73 Å². The summed E-state index contributed by atoms with van der Waals surface area (Å²) in [5.74, 6) is -1.03. The van der Waals surface area contributed by atoms with E-state index < -0.39 is 12.0 Å². The molecular weight excluding hydrogens is 330 g/mol. The second-order valence-corrected chi connectivity index (χ2v) is 4.69. The Bertz CT molecular complexity index is 375. The summed E-state index contributed by atoms with van der Waals surface area (Å²) in [6.45, 7) is 0. The maximum Gasteiger partial charge on any atom is 0.320 e. The van der Waals surface area contributed by atoms with Crippen molar-refractivity contribution in [2.24, 2.45) is 5.73 Å². The number of carboxylic acid groups (broad SMARTS) is 1. The van der Waals surface area contributed by atoms with Crippen LogP contribution in [-0.2, 0) is 11.2 Å². The minimum absolute atomic E-state index is 0.241. The summed E-state index contributed by atoms with van der Waals surface area (Å²) >= 11 is 7.91. The smallest absolute Gasteiger partial charge is 0.320 e. The van der Waals surface area contributed by atoms with E-state index in [0.29, 0.717) is 10.7 Å². The van der Waals surface area contributed by atoms with Gasteiger partial charge in [0.25, 0.3) is 0 Å². The minimum Gasteiger partial charge on any atom is -0.480 e. The normalized spacial score (nSPS) is 12.5. The Morgan fingerprint density at radius 1 is 1.60 bits per heavy atom. The van der Waals surface area contributed by atoms with Gasteiger partial charge in [0, 0.05) is 3.57 Å². The van der Waals surface area contributed by atoms with Gasteiger partial charge in [0.1, 0.15) is 6.04 Å². The summed E-state index contributed by atoms with van der Waals surface area (Å²) in [6.07, 6.45) is 0.241. The highest BCUT2D eigenvalue weighted by Gasteiger charge is 2.13. The van der Waals surface area contributed by atoms with Crippen molar-refractivity contribution in [3.8, 4) is 0 Å². The van der Waals surface area contributed by atoms with Crippen LogP contribution in [0.1, 0.15) is 5.56 Å². The first-order valence-corrected chi connectivity index (χ1v) is 5.59. The monoisotopic (exact) mass is 340 g/mol. The summed E-state index contributed by atoms with van der Waals surface area (Å²) in [5.41, 5.74) is 12.3. The maximum atomic E-state index is 10.6. The quantitative estimate of drug-likeness (QED) is 0.574. The van der Waals surface area contributed by atoms with E-state index in [1.165, 1.54) is 0 Å². The van der Waals surface area contributed by atoms with Crippen LogP contribution in [0.15, 0.2) is 12.1 Å². The van der Waals surface area contributed by atoms with Gasteiger partial charge in [-0.1, -0.05) is 11.6 Å². The molecule has 6 heteroatoms. The molecule has 0 saturated carbocycles. The second kappa shape index (κ2) is 5.00. The Morgan fingerprint density at radius 2 is 2.20 bits per heavy atom. The first-order valence-electron chi connectivity index (χ1n) is 4.13. The van der Waals surface area contributed by atoms with Gasteiger partial charge in [0.2, 0.25) is 0 Å². The standard InChI is InChI=1S/C9H10ClIN2O2/c10-5-1-4(2-6(11)8(5)13)3-7(12)9(14)15/h1-2,7H,3,12-13H2,(H,14,15)/t7-/m1/s1. The molecule has 1 rings (SSSR count). The summed E-state index contributed by atoms with van der Waals surface area (Å²) < 4.78 is 0.799. The Morgan fingerprint density at radius 3 is 2.67 bits per heavy atom. The van der Waals surface area contributed by atoms with E-state index in [0.717, 1.165) is 9.13 Å². The van der Waals surface area contributed by atoms with E-state index in [-0.39, 0.29) is 6.42 Å². The Balaban J connectivity index is 2.92. The van der Waals surface area contributed by atoms with Crippen molar-refractivity contribution in [2.45, 2.75) is 12.5 Å². The van der Waals surface area contributed by atoms with Crippen molar-refractivity contribution in [1.29, 1.82) is 0 Å². The van der Waals surface area contributed by atoms with Crippen LogP contribution in [0.2, 0.25) is 5.02 Å². The average Bonchev–Trinajstić information content (AvgIpc) is 2.13. The number of nitrogen functional groups attached to an aromatic ring is 1. The van der Waals surface area contributed by atoms with Crippen LogP contribution in [0, 0.1) is 3.57 Å². The summed E-state index contributed by atoms with van der Waals surface area (Å²) in [7, 11) is 0. The van der Waals surface area contributed by atoms with Crippen LogP contribution >= 0.6 is 34.2 Å². The lowest BCUT2D eigenvalue weighted by Gasteiger charge is -2.09. The zero-order valence-corrected chi connectivity index (χ0v) is 10.6. The molecule has 0 aliphatic rings. The number of hydrogen-bond acceptors (Lipinski definition) is 3. The Labute approximate surface area is 106 Å². The van der Waals surface area contributed by atoms with Crippen LogP contribution in [0.5, 0.6) is 0 Å². The molecule has 1 aromatic rings. The number of benzene rings is 1. The summed E-state index contributed by atoms with van der Waals surface area (Å²) in [6, 6.07) is 2.51. The van der Waals surface area contributed by atoms with E-state index >= 15 is 0 Å². The first kappa shape index (κ1) is 12.5. The predicted molar refractivity (Wildman–Crippen MR) is 67.9 cm³/mol. The molecule has 4 nitrogen and oxygen atoms in total. The zero-order chi connectivity index (χ0) is 11.6. The van der Waals surface area contributed by atoms with Crippen LogP contribution in [0.25, 0.3) is 0 Å². The molecule has 1 aromatic carbocycles. The number of anilines is 1. The lowest BCUT2D eigenvalue weighted by Crippen LogP contribution is -2.32. The van der Waals surface area contributed by atoms with Gasteiger partial charge in [-0.25, -0.2) is 0 Å². The molecule has 0 aliphatic carbocycles. The SMILES string of the molecule is Nc1c(Cl)cc(C[C@@H](N)C(=O)O)cc1I. The van der Waals surface area contributed by atoms with Crippen molar-refractivity contribution < 1.29 is 9.90 Å². The van der Waals surface area contributed by atoms with Crippen molar-refractivity contribution in [3.63, 3.8) is 0 Å². The molecule has 0 fully saturated rings. The molecule has 5 N–H and O–H groups in total. The van der Waals surface area contributed by atoms with Crippen molar-refractivity contribution >= 4 is 45.8 Å². The fourth-order valence-corrected chi connectivity index (χ4v) is 2.19. The highest BCUT2D eigenvalue weighted by molar-refractivity contribution is 14.1. The third-order valence-electron chi connectivity index (χ3n) is 1.91. The van der Waals surface area contributed by atoms with E-state index in [9.17, 15) is 4.79 Å². The van der Waals surface area contributed by atoms with Crippen molar-refractivity contribution in [3.05, 3.63) is 26.3 Å². The van der Waals surface area contributed by atoms with Crippen LogP contribution in [0.3, 0.4) is 0 Å². The maximum absolute atomic E-state index is 10.6. The predicted octanol–water partition coefficient (Wildman–Crippen LogP) is 1.48. The number of aliphatic carboxylic acids is 1. The highest BCUT2D eigenvalue weighted by Crippen LogP contribution is 2.26. The number of carbonyl (C=O) groups is 1. The van der Waals surface area contributed by atoms with E-state index in [2.05, 4.69) is 0 Å². The minimum atomic E-state index is -1.03. The van der Waals surface area contributed by atoms with Crippen molar-refractivity contribution in [1.82, 2.24) is 0 Å². The number of hydrogen-bond donors (Lipinski definition) is 3. The number of carboxylic acids is 1. The second-order valence-electron chi connectivity index (χ2n) is 3.12. The first-order chi connectivity index (χ1) is 6.91. The summed E-state index contributed by atoms with van der Waals surface area (Å²) in [5, 5.41) is 9.08. The van der Waals surface area contributed by atoms with Crippen LogP contribution in [0.4, 0.5) is 5.69 Å². The van der Waals surface area contributed by atoms with Gasteiger partial charge in [0.05, 0.1) is 10.7 Å². The molecule has 0 spiro atoms. The number of nitrogens with two attached hydrogens (primary N) is 2. The molecule has 0 aliphatic heterocycles. The molecular formula is C9H10ClIN2O2. The average molecular weight is 341 g/mol. The van der Waals surface area contributed by atoms with Gasteiger partial charge in [-0.05, 0) is 46.7 Å². The molecule has 15 heavy (non-hydrogen) atoms. The molecule has 0 unspecified atom stereocenters. The molecule has 1 atom stereocenters. The largest absolute Gasteiger partial charge is 0.480 e. The van der Waals surface area contributed by atoms with Gasteiger partial charge in [-0.2, -0.15) is 0 Å². The molecule has 0 radical (unpaired) electrons. The van der Waals surface area contributed by atoms with Gasteiger partial charge < -0.3 is 16.6 Å². The van der Waals surface area contributed by atoms with Gasteiger partial charge >= 0.3 is 5.97 Å². The highest BCUT2D eigenvalue weighted by atomic mass is 127. The number of rotatable bonds is 3. The zero-order valence-electron chi connectivity index (χ0n) is 7.71. The van der Waals surface area contributed by atoms with Gasteiger partial charge in [-0.3, -0.25) is 4.79 Å². The Hall–Kier alpha value is -0.530. The molecule has 0 saturated heterocycles. The molecule has 0 amide bonds. The van der Waals surface area contributed by atoms with Crippen LogP contribution < -0.4 is 11.5 Å². The van der Waals surface area contributed by atoms with Gasteiger partial charge in [0.15, 0.2) is 0 Å². The summed E-state index contributed by atoms with van der Waals surface area (Å²) in [4.78, 5) is 10.6. The van der Waals surface area contributed by atoms with E-state index in [1.807, 2.05) is 22.6 Å². The van der Waals surface area contributed by atoms with E-state index in [4.69, 9.17) is 28.2 Å². The van der Waals surface area contributed by atoms with Gasteiger partial charge in [-0.15, -0.1) is 0 Å². The molecule has 0 aromatic heterocycles. The molecule has 82 valence electrons. The number of halogens is 2.